The minimum atomic E-state index is -0.302. The third-order valence-electron chi connectivity index (χ3n) is 7.21. The Hall–Kier alpha value is -3.13. The number of para-hydroxylation sites is 1. The van der Waals surface area contributed by atoms with Crippen LogP contribution in [-0.4, -0.2) is 65.3 Å². The van der Waals surface area contributed by atoms with Crippen LogP contribution in [0.15, 0.2) is 71.5 Å². The predicted molar refractivity (Wildman–Crippen MR) is 138 cm³/mol. The summed E-state index contributed by atoms with van der Waals surface area (Å²) in [5, 5.41) is 10.7. The van der Waals surface area contributed by atoms with Crippen molar-refractivity contribution in [3.8, 4) is 5.75 Å². The van der Waals surface area contributed by atoms with E-state index in [1.165, 1.54) is 5.69 Å². The van der Waals surface area contributed by atoms with Gasteiger partial charge in [0.05, 0.1) is 18.4 Å². The van der Waals surface area contributed by atoms with Crippen molar-refractivity contribution in [2.75, 3.05) is 50.8 Å². The molecule has 0 saturated carbocycles. The Morgan fingerprint density at radius 1 is 0.886 bits per heavy atom. The summed E-state index contributed by atoms with van der Waals surface area (Å²) in [6, 6.07) is 22.3. The second kappa shape index (κ2) is 10.6. The molecule has 1 N–H and O–H groups in total. The molecule has 2 fully saturated rings. The minimum absolute atomic E-state index is 0.00628. The molecule has 1 aromatic heterocycles. The van der Waals surface area contributed by atoms with Gasteiger partial charge in [-0.2, -0.15) is 0 Å². The minimum Gasteiger partial charge on any atom is -0.503 e. The van der Waals surface area contributed by atoms with Gasteiger partial charge in [0.15, 0.2) is 5.75 Å². The van der Waals surface area contributed by atoms with Crippen molar-refractivity contribution in [3.63, 3.8) is 0 Å². The maximum atomic E-state index is 12.7. The van der Waals surface area contributed by atoms with Crippen molar-refractivity contribution in [2.24, 2.45) is 7.05 Å². The lowest BCUT2D eigenvalue weighted by molar-refractivity contribution is -0.0338. The molecule has 0 spiro atoms. The van der Waals surface area contributed by atoms with Crippen molar-refractivity contribution >= 4 is 5.69 Å². The highest BCUT2D eigenvalue weighted by atomic mass is 16.5. The van der Waals surface area contributed by atoms with Gasteiger partial charge in [-0.25, -0.2) is 0 Å². The summed E-state index contributed by atoms with van der Waals surface area (Å²) in [7, 11) is 1.96. The fourth-order valence-electron chi connectivity index (χ4n) is 5.08. The van der Waals surface area contributed by atoms with Gasteiger partial charge in [-0.05, 0) is 17.7 Å². The summed E-state index contributed by atoms with van der Waals surface area (Å²) in [6.07, 6.45) is -0.00628. The zero-order valence-electron chi connectivity index (χ0n) is 20.3. The summed E-state index contributed by atoms with van der Waals surface area (Å²) in [6.45, 7) is 7.10. The molecule has 2 saturated heterocycles. The van der Waals surface area contributed by atoms with E-state index in [9.17, 15) is 9.90 Å². The normalized spacial score (nSPS) is 19.7. The second-order valence-corrected chi connectivity index (χ2v) is 9.46. The fraction of sp³-hybridized carbons (Fsp3) is 0.393. The van der Waals surface area contributed by atoms with Crippen molar-refractivity contribution < 1.29 is 9.84 Å². The lowest BCUT2D eigenvalue weighted by Crippen LogP contribution is -2.46. The smallest absolute Gasteiger partial charge is 0.223 e. The monoisotopic (exact) mass is 474 g/mol. The van der Waals surface area contributed by atoms with Gasteiger partial charge in [0.25, 0.3) is 0 Å². The van der Waals surface area contributed by atoms with E-state index in [-0.39, 0.29) is 17.3 Å². The van der Waals surface area contributed by atoms with Gasteiger partial charge >= 0.3 is 0 Å². The molecule has 0 aliphatic carbocycles. The zero-order chi connectivity index (χ0) is 24.2. The third kappa shape index (κ3) is 5.42. The molecule has 2 aliphatic rings. The molecule has 0 amide bonds. The van der Waals surface area contributed by atoms with Gasteiger partial charge in [0.2, 0.25) is 5.43 Å². The van der Waals surface area contributed by atoms with E-state index in [0.29, 0.717) is 25.4 Å². The standard InChI is InChI=1S/C28H34N4O3/c1-29-24(19-30-12-14-32(15-13-30)23-10-6-3-7-11-23)18-26(33)28(34)25(29)20-31-16-17-35-27(21-31)22-8-4-2-5-9-22/h2-11,18,27,34H,12-17,19-21H2,1H3/t27-/m0/s1. The number of aromatic hydroxyl groups is 1. The Balaban J connectivity index is 1.27. The lowest BCUT2D eigenvalue weighted by Gasteiger charge is -2.36. The molecular formula is C28H34N4O3. The molecule has 5 rings (SSSR count). The van der Waals surface area contributed by atoms with Crippen LogP contribution in [-0.2, 0) is 24.9 Å². The fourth-order valence-corrected chi connectivity index (χ4v) is 5.08. The van der Waals surface area contributed by atoms with Crippen LogP contribution < -0.4 is 10.3 Å². The number of anilines is 1. The van der Waals surface area contributed by atoms with Gasteiger partial charge in [0, 0.05) is 76.9 Å². The molecule has 2 aromatic carbocycles. The van der Waals surface area contributed by atoms with E-state index in [1.807, 2.05) is 35.9 Å². The van der Waals surface area contributed by atoms with Crippen LogP contribution in [0.1, 0.15) is 23.1 Å². The van der Waals surface area contributed by atoms with Gasteiger partial charge in [0.1, 0.15) is 0 Å². The maximum absolute atomic E-state index is 12.7. The topological polar surface area (TPSA) is 61.2 Å². The van der Waals surface area contributed by atoms with Crippen molar-refractivity contribution in [3.05, 3.63) is 93.9 Å². The Labute approximate surface area is 206 Å². The van der Waals surface area contributed by atoms with E-state index < -0.39 is 0 Å². The summed E-state index contributed by atoms with van der Waals surface area (Å²) in [5.41, 5.74) is 3.71. The SMILES string of the molecule is Cn1c(CN2CCN(c3ccccc3)CC2)cc(=O)c(O)c1CN1CCO[C@H](c2ccccc2)C1. The first-order chi connectivity index (χ1) is 17.1. The average Bonchev–Trinajstić information content (AvgIpc) is 2.91. The maximum Gasteiger partial charge on any atom is 0.223 e. The number of pyridine rings is 1. The molecular weight excluding hydrogens is 440 g/mol. The number of ether oxygens (including phenoxy) is 1. The summed E-state index contributed by atoms with van der Waals surface area (Å²) in [5.74, 6) is -0.145. The van der Waals surface area contributed by atoms with Crippen LogP contribution >= 0.6 is 0 Å². The molecule has 2 aliphatic heterocycles. The number of rotatable bonds is 6. The van der Waals surface area contributed by atoms with Crippen LogP contribution in [0.4, 0.5) is 5.69 Å². The van der Waals surface area contributed by atoms with Crippen LogP contribution in [0.2, 0.25) is 0 Å². The van der Waals surface area contributed by atoms with E-state index in [0.717, 1.165) is 50.5 Å². The first-order valence-electron chi connectivity index (χ1n) is 12.4. The summed E-state index contributed by atoms with van der Waals surface area (Å²) in [4.78, 5) is 19.7. The van der Waals surface area contributed by atoms with E-state index in [4.69, 9.17) is 4.74 Å². The van der Waals surface area contributed by atoms with E-state index in [1.54, 1.807) is 6.07 Å². The van der Waals surface area contributed by atoms with Crippen LogP contribution in [0, 0.1) is 0 Å². The largest absolute Gasteiger partial charge is 0.503 e. The average molecular weight is 475 g/mol. The quantitative estimate of drug-likeness (QED) is 0.593. The van der Waals surface area contributed by atoms with Crippen LogP contribution in [0.3, 0.4) is 0 Å². The molecule has 184 valence electrons. The number of benzene rings is 2. The first-order valence-corrected chi connectivity index (χ1v) is 12.4. The third-order valence-corrected chi connectivity index (χ3v) is 7.21. The number of hydrogen-bond acceptors (Lipinski definition) is 6. The van der Waals surface area contributed by atoms with Crippen molar-refractivity contribution in [1.82, 2.24) is 14.4 Å². The van der Waals surface area contributed by atoms with Crippen molar-refractivity contribution in [1.29, 1.82) is 0 Å². The second-order valence-electron chi connectivity index (χ2n) is 9.46. The van der Waals surface area contributed by atoms with Crippen molar-refractivity contribution in [2.45, 2.75) is 19.2 Å². The number of hydrogen-bond donors (Lipinski definition) is 1. The molecule has 1 atom stereocenters. The molecule has 3 aromatic rings. The summed E-state index contributed by atoms with van der Waals surface area (Å²) >= 11 is 0. The number of piperazine rings is 1. The number of aromatic nitrogens is 1. The van der Waals surface area contributed by atoms with E-state index in [2.05, 4.69) is 51.1 Å². The Kier molecular flexibility index (Phi) is 7.18. The van der Waals surface area contributed by atoms with E-state index >= 15 is 0 Å². The molecule has 7 nitrogen and oxygen atoms in total. The highest BCUT2D eigenvalue weighted by molar-refractivity contribution is 5.46. The Morgan fingerprint density at radius 2 is 1.57 bits per heavy atom. The van der Waals surface area contributed by atoms with Gasteiger partial charge in [-0.1, -0.05) is 48.5 Å². The molecule has 0 radical (unpaired) electrons. The van der Waals surface area contributed by atoms with Gasteiger partial charge < -0.3 is 19.3 Å². The highest BCUT2D eigenvalue weighted by Gasteiger charge is 2.25. The Morgan fingerprint density at radius 3 is 2.29 bits per heavy atom. The van der Waals surface area contributed by atoms with Gasteiger partial charge in [-0.15, -0.1) is 0 Å². The van der Waals surface area contributed by atoms with Crippen LogP contribution in [0.5, 0.6) is 5.75 Å². The number of morpholine rings is 1. The molecule has 0 unspecified atom stereocenters. The summed E-state index contributed by atoms with van der Waals surface area (Å²) < 4.78 is 8.00. The molecule has 0 bridgehead atoms. The zero-order valence-corrected chi connectivity index (χ0v) is 20.3. The Bertz CT molecular complexity index is 1170. The molecule has 7 heteroatoms. The number of nitrogens with zero attached hydrogens (tertiary/aromatic N) is 4. The molecule has 3 heterocycles. The first kappa shape index (κ1) is 23.6. The predicted octanol–water partition coefficient (Wildman–Crippen LogP) is 2.99. The van der Waals surface area contributed by atoms with Crippen LogP contribution in [0.25, 0.3) is 0 Å². The molecule has 35 heavy (non-hydrogen) atoms. The lowest BCUT2D eigenvalue weighted by atomic mass is 10.1. The van der Waals surface area contributed by atoms with Gasteiger partial charge in [-0.3, -0.25) is 14.6 Å². The highest BCUT2D eigenvalue weighted by Crippen LogP contribution is 2.25.